The van der Waals surface area contributed by atoms with E-state index in [1.165, 1.54) is 17.1 Å². The predicted molar refractivity (Wildman–Crippen MR) is 81.2 cm³/mol. The molecule has 1 aromatic heterocycles. The van der Waals surface area contributed by atoms with Crippen LogP contribution in [0.25, 0.3) is 0 Å². The van der Waals surface area contributed by atoms with Gasteiger partial charge in [0.25, 0.3) is 0 Å². The molecule has 102 valence electrons. The highest BCUT2D eigenvalue weighted by atomic mass is 15.3. The molecular formula is C16H29N2+. The first-order chi connectivity index (χ1) is 7.82. The number of aromatic nitrogens is 1. The summed E-state index contributed by atoms with van der Waals surface area (Å²) in [5, 5.41) is 0. The molecule has 0 amide bonds. The van der Waals surface area contributed by atoms with Crippen molar-refractivity contribution in [1.29, 1.82) is 0 Å². The Labute approximate surface area is 113 Å². The summed E-state index contributed by atoms with van der Waals surface area (Å²) in [6.07, 6.45) is 0. The summed E-state index contributed by atoms with van der Waals surface area (Å²) in [6.45, 7) is 13.3. The number of hydrogen-bond donors (Lipinski definition) is 0. The lowest BCUT2D eigenvalue weighted by molar-refractivity contribution is 0.474. The average molecular weight is 249 g/mol. The van der Waals surface area contributed by atoms with E-state index >= 15 is 0 Å². The van der Waals surface area contributed by atoms with Gasteiger partial charge in [0.15, 0.2) is 0 Å². The maximum absolute atomic E-state index is 4.88. The summed E-state index contributed by atoms with van der Waals surface area (Å²) < 4.78 is 0.828. The second-order valence-electron chi connectivity index (χ2n) is 8.11. The monoisotopic (exact) mass is 249 g/mol. The van der Waals surface area contributed by atoms with Crippen LogP contribution in [0.4, 0.5) is 5.69 Å². The fraction of sp³-hybridized carbons (Fsp3) is 0.688. The second-order valence-corrected chi connectivity index (χ2v) is 8.11. The molecule has 2 nitrogen and oxygen atoms in total. The SMILES string of the molecule is CC(C)(C)c1cc([N+](C)(C)C)cc(C(C)(C)C)n1. The Bertz CT molecular complexity index is 347. The van der Waals surface area contributed by atoms with Crippen LogP contribution in [0.1, 0.15) is 52.9 Å². The van der Waals surface area contributed by atoms with Gasteiger partial charge in [-0.2, -0.15) is 0 Å². The Kier molecular flexibility index (Phi) is 3.66. The summed E-state index contributed by atoms with van der Waals surface area (Å²) in [5.74, 6) is 0. The van der Waals surface area contributed by atoms with E-state index in [9.17, 15) is 0 Å². The van der Waals surface area contributed by atoms with E-state index < -0.39 is 0 Å². The first kappa shape index (κ1) is 15.2. The van der Waals surface area contributed by atoms with E-state index in [2.05, 4.69) is 74.8 Å². The lowest BCUT2D eigenvalue weighted by Crippen LogP contribution is -2.36. The number of nitrogens with zero attached hydrogens (tertiary/aromatic N) is 2. The molecule has 0 aliphatic rings. The summed E-state index contributed by atoms with van der Waals surface area (Å²) in [6, 6.07) is 4.49. The van der Waals surface area contributed by atoms with Gasteiger partial charge in [-0.25, -0.2) is 0 Å². The van der Waals surface area contributed by atoms with E-state index in [-0.39, 0.29) is 10.8 Å². The van der Waals surface area contributed by atoms with Gasteiger partial charge >= 0.3 is 0 Å². The van der Waals surface area contributed by atoms with Crippen molar-refractivity contribution in [2.75, 3.05) is 21.1 Å². The van der Waals surface area contributed by atoms with E-state index in [1.54, 1.807) is 0 Å². The Hall–Kier alpha value is -0.890. The zero-order valence-corrected chi connectivity index (χ0v) is 13.5. The molecule has 0 fully saturated rings. The Morgan fingerprint density at radius 2 is 1.11 bits per heavy atom. The smallest absolute Gasteiger partial charge is 0.135 e. The molecule has 0 N–H and O–H groups in total. The minimum atomic E-state index is 0.0885. The van der Waals surface area contributed by atoms with Gasteiger partial charge in [-0.1, -0.05) is 41.5 Å². The van der Waals surface area contributed by atoms with Crippen LogP contribution < -0.4 is 4.48 Å². The van der Waals surface area contributed by atoms with Gasteiger partial charge < -0.3 is 0 Å². The molecule has 1 rings (SSSR count). The third kappa shape index (κ3) is 3.55. The predicted octanol–water partition coefficient (Wildman–Crippen LogP) is 3.87. The van der Waals surface area contributed by atoms with Gasteiger partial charge in [0, 0.05) is 23.0 Å². The molecule has 18 heavy (non-hydrogen) atoms. The normalized spacial score (nSPS) is 13.8. The molecule has 0 aliphatic heterocycles. The van der Waals surface area contributed by atoms with Crippen LogP contribution >= 0.6 is 0 Å². The molecule has 1 aromatic rings. The maximum Gasteiger partial charge on any atom is 0.135 e. The Balaban J connectivity index is 3.49. The van der Waals surface area contributed by atoms with Crippen LogP contribution in [0, 0.1) is 0 Å². The molecule has 0 radical (unpaired) electrons. The summed E-state index contributed by atoms with van der Waals surface area (Å²) in [7, 11) is 6.61. The number of pyridine rings is 1. The lowest BCUT2D eigenvalue weighted by Gasteiger charge is -2.29. The maximum atomic E-state index is 4.88. The molecule has 0 saturated carbocycles. The van der Waals surface area contributed by atoms with Crippen LogP contribution in [0.5, 0.6) is 0 Å². The first-order valence-corrected chi connectivity index (χ1v) is 6.67. The summed E-state index contributed by atoms with van der Waals surface area (Å²) in [4.78, 5) is 4.88. The highest BCUT2D eigenvalue weighted by Gasteiger charge is 2.25. The zero-order valence-electron chi connectivity index (χ0n) is 13.5. The summed E-state index contributed by atoms with van der Waals surface area (Å²) in [5.41, 5.74) is 3.85. The van der Waals surface area contributed by atoms with Crippen molar-refractivity contribution < 1.29 is 0 Å². The van der Waals surface area contributed by atoms with Crippen molar-refractivity contribution in [1.82, 2.24) is 9.47 Å². The number of quaternary nitrogens is 1. The topological polar surface area (TPSA) is 12.9 Å². The minimum Gasteiger partial charge on any atom is -0.298 e. The van der Waals surface area contributed by atoms with Gasteiger partial charge in [0.2, 0.25) is 0 Å². The molecule has 1 heterocycles. The molecule has 2 heteroatoms. The fourth-order valence-corrected chi connectivity index (χ4v) is 1.67. The van der Waals surface area contributed by atoms with Crippen molar-refractivity contribution in [3.8, 4) is 0 Å². The van der Waals surface area contributed by atoms with Crippen LogP contribution in [-0.2, 0) is 10.8 Å². The quantitative estimate of drug-likeness (QED) is 0.688. The first-order valence-electron chi connectivity index (χ1n) is 6.67. The third-order valence-electron chi connectivity index (χ3n) is 3.12. The molecule has 0 bridgehead atoms. The van der Waals surface area contributed by atoms with Gasteiger partial charge in [-0.15, -0.1) is 0 Å². The van der Waals surface area contributed by atoms with Crippen molar-refractivity contribution in [2.24, 2.45) is 0 Å². The molecule has 0 unspecified atom stereocenters. The molecule has 0 spiro atoms. The molecule has 0 aliphatic carbocycles. The lowest BCUT2D eigenvalue weighted by atomic mass is 9.87. The van der Waals surface area contributed by atoms with Crippen molar-refractivity contribution in [2.45, 2.75) is 52.4 Å². The molecular weight excluding hydrogens is 220 g/mol. The van der Waals surface area contributed by atoms with E-state index in [1.807, 2.05) is 0 Å². The highest BCUT2D eigenvalue weighted by molar-refractivity contribution is 5.46. The average Bonchev–Trinajstić information content (AvgIpc) is 2.13. The Morgan fingerprint density at radius 1 is 0.778 bits per heavy atom. The molecule has 0 atom stereocenters. The highest BCUT2D eigenvalue weighted by Crippen LogP contribution is 2.31. The van der Waals surface area contributed by atoms with Crippen molar-refractivity contribution >= 4 is 5.69 Å². The molecule has 0 saturated heterocycles. The van der Waals surface area contributed by atoms with Crippen LogP contribution in [0.2, 0.25) is 0 Å². The van der Waals surface area contributed by atoms with E-state index in [0.29, 0.717) is 0 Å². The largest absolute Gasteiger partial charge is 0.298 e. The van der Waals surface area contributed by atoms with Gasteiger partial charge in [0.1, 0.15) is 5.69 Å². The fourth-order valence-electron chi connectivity index (χ4n) is 1.67. The van der Waals surface area contributed by atoms with Gasteiger partial charge in [-0.3, -0.25) is 9.47 Å². The number of rotatable bonds is 1. The van der Waals surface area contributed by atoms with Crippen molar-refractivity contribution in [3.05, 3.63) is 23.5 Å². The van der Waals surface area contributed by atoms with E-state index in [0.717, 1.165) is 4.48 Å². The second kappa shape index (κ2) is 4.34. The zero-order chi connectivity index (χ0) is 14.4. The van der Waals surface area contributed by atoms with Crippen LogP contribution in [-0.4, -0.2) is 26.1 Å². The van der Waals surface area contributed by atoms with Crippen LogP contribution in [0.15, 0.2) is 12.1 Å². The van der Waals surface area contributed by atoms with Gasteiger partial charge in [0.05, 0.1) is 32.5 Å². The van der Waals surface area contributed by atoms with Crippen LogP contribution in [0.3, 0.4) is 0 Å². The summed E-state index contributed by atoms with van der Waals surface area (Å²) >= 11 is 0. The molecule has 0 aromatic carbocycles. The van der Waals surface area contributed by atoms with Crippen molar-refractivity contribution in [3.63, 3.8) is 0 Å². The van der Waals surface area contributed by atoms with E-state index in [4.69, 9.17) is 4.98 Å². The standard InChI is InChI=1S/C16H29N2/c1-15(2,3)13-10-12(18(7,8)9)11-14(17-13)16(4,5)6/h10-11H,1-9H3/q+1. The van der Waals surface area contributed by atoms with Gasteiger partial charge in [-0.05, 0) is 0 Å². The Morgan fingerprint density at radius 3 is 1.33 bits per heavy atom. The third-order valence-corrected chi connectivity index (χ3v) is 3.12. The minimum absolute atomic E-state index is 0.0885. The number of hydrogen-bond acceptors (Lipinski definition) is 1.